The molecule has 0 aliphatic rings. The first kappa shape index (κ1) is 29.2. The monoisotopic (exact) mass is 556 g/mol. The molecule has 2 rings (SSSR count). The molecule has 1 unspecified atom stereocenters. The van der Waals surface area contributed by atoms with Crippen LogP contribution < -0.4 is 10.6 Å². The number of hydrogen-bond acceptors (Lipinski definition) is 4. The second-order valence-corrected chi connectivity index (χ2v) is 10.6. The standard InChI is InChI=1S/C29H37BrN2O4/c1-19(2)21-11-9-13-23(15-21)28(5,6)31-26(33)35-18-25(17-30)36-27(34)32-29(7,8)24-14-10-12-22(16-24)20(3)4/h9-16,25H,1,3,17-18H2,2,4-8H3,(H,31,33)(H,32,34). The molecule has 2 aromatic carbocycles. The lowest BCUT2D eigenvalue weighted by Crippen LogP contribution is -2.44. The van der Waals surface area contributed by atoms with Crippen LogP contribution in [0.25, 0.3) is 11.1 Å². The molecule has 0 aromatic heterocycles. The Kier molecular flexibility index (Phi) is 9.93. The molecule has 2 N–H and O–H groups in total. The van der Waals surface area contributed by atoms with Gasteiger partial charge in [0.1, 0.15) is 12.7 Å². The molecule has 6 nitrogen and oxygen atoms in total. The predicted molar refractivity (Wildman–Crippen MR) is 150 cm³/mol. The van der Waals surface area contributed by atoms with Crippen LogP contribution in [0, 0.1) is 0 Å². The van der Waals surface area contributed by atoms with E-state index in [1.807, 2.05) is 90.1 Å². The van der Waals surface area contributed by atoms with E-state index in [0.29, 0.717) is 5.33 Å². The lowest BCUT2D eigenvalue weighted by atomic mass is 9.92. The van der Waals surface area contributed by atoms with Crippen LogP contribution in [-0.4, -0.2) is 30.2 Å². The molecule has 0 saturated carbocycles. The fourth-order valence-corrected chi connectivity index (χ4v) is 3.82. The molecular formula is C29H37BrN2O4. The van der Waals surface area contributed by atoms with E-state index < -0.39 is 29.4 Å². The molecule has 194 valence electrons. The van der Waals surface area contributed by atoms with Gasteiger partial charge in [0.05, 0.1) is 11.1 Å². The molecule has 7 heteroatoms. The first-order chi connectivity index (χ1) is 16.7. The Bertz CT molecular complexity index is 1120. The second kappa shape index (κ2) is 12.3. The summed E-state index contributed by atoms with van der Waals surface area (Å²) in [4.78, 5) is 25.2. The third-order valence-electron chi connectivity index (χ3n) is 5.83. The Hall–Kier alpha value is -3.06. The zero-order valence-corrected chi connectivity index (χ0v) is 23.6. The van der Waals surface area contributed by atoms with Crippen LogP contribution in [0.15, 0.2) is 61.7 Å². The smallest absolute Gasteiger partial charge is 0.408 e. The zero-order valence-electron chi connectivity index (χ0n) is 22.0. The van der Waals surface area contributed by atoms with Crippen LogP contribution in [0.3, 0.4) is 0 Å². The summed E-state index contributed by atoms with van der Waals surface area (Å²) < 4.78 is 10.9. The Balaban J connectivity index is 1.94. The van der Waals surface area contributed by atoms with Gasteiger partial charge in [0, 0.05) is 5.33 Å². The Labute approximate surface area is 223 Å². The van der Waals surface area contributed by atoms with Crippen molar-refractivity contribution in [3.8, 4) is 0 Å². The molecule has 36 heavy (non-hydrogen) atoms. The number of ether oxygens (including phenoxy) is 2. The summed E-state index contributed by atoms with van der Waals surface area (Å²) in [5, 5.41) is 6.08. The summed E-state index contributed by atoms with van der Waals surface area (Å²) >= 11 is 3.33. The average Bonchev–Trinajstić information content (AvgIpc) is 2.81. The van der Waals surface area contributed by atoms with Crippen molar-refractivity contribution < 1.29 is 19.1 Å². The maximum absolute atomic E-state index is 12.6. The van der Waals surface area contributed by atoms with Crippen molar-refractivity contribution in [1.82, 2.24) is 10.6 Å². The number of benzene rings is 2. The summed E-state index contributed by atoms with van der Waals surface area (Å²) in [6.07, 6.45) is -1.87. The molecule has 0 aliphatic carbocycles. The molecule has 0 bridgehead atoms. The number of alkyl carbamates (subject to hydrolysis) is 2. The van der Waals surface area contributed by atoms with Crippen LogP contribution in [0.5, 0.6) is 0 Å². The number of allylic oxidation sites excluding steroid dienone is 2. The van der Waals surface area contributed by atoms with E-state index in [9.17, 15) is 9.59 Å². The maximum Gasteiger partial charge on any atom is 0.408 e. The lowest BCUT2D eigenvalue weighted by Gasteiger charge is -2.29. The van der Waals surface area contributed by atoms with Crippen LogP contribution in [0.1, 0.15) is 63.8 Å². The lowest BCUT2D eigenvalue weighted by molar-refractivity contribution is 0.0494. The van der Waals surface area contributed by atoms with Gasteiger partial charge in [-0.1, -0.05) is 76.6 Å². The van der Waals surface area contributed by atoms with Crippen molar-refractivity contribution in [3.05, 3.63) is 83.9 Å². The van der Waals surface area contributed by atoms with Crippen molar-refractivity contribution in [2.24, 2.45) is 0 Å². The van der Waals surface area contributed by atoms with Gasteiger partial charge in [0.25, 0.3) is 0 Å². The van der Waals surface area contributed by atoms with Crippen LogP contribution in [0.4, 0.5) is 9.59 Å². The fraction of sp³-hybridized carbons (Fsp3) is 0.379. The Morgan fingerprint density at radius 2 is 1.31 bits per heavy atom. The number of carbonyl (C=O) groups excluding carboxylic acids is 2. The van der Waals surface area contributed by atoms with Gasteiger partial charge < -0.3 is 20.1 Å². The minimum Gasteiger partial charge on any atom is -0.446 e. The topological polar surface area (TPSA) is 76.7 Å². The minimum absolute atomic E-state index is 0.0992. The summed E-state index contributed by atoms with van der Waals surface area (Å²) in [6, 6.07) is 15.7. The predicted octanol–water partition coefficient (Wildman–Crippen LogP) is 7.14. The zero-order chi connectivity index (χ0) is 27.1. The minimum atomic E-state index is -0.681. The van der Waals surface area contributed by atoms with Gasteiger partial charge in [-0.25, -0.2) is 9.59 Å². The van der Waals surface area contributed by atoms with E-state index >= 15 is 0 Å². The summed E-state index contributed by atoms with van der Waals surface area (Å²) in [5.74, 6) is 0. The average molecular weight is 558 g/mol. The third kappa shape index (κ3) is 8.26. The van der Waals surface area contributed by atoms with Crippen molar-refractivity contribution in [2.75, 3.05) is 11.9 Å². The van der Waals surface area contributed by atoms with Gasteiger partial charge in [0.15, 0.2) is 0 Å². The van der Waals surface area contributed by atoms with E-state index in [2.05, 4.69) is 39.7 Å². The molecule has 2 amide bonds. The summed E-state index contributed by atoms with van der Waals surface area (Å²) in [6.45, 7) is 19.3. The molecule has 0 heterocycles. The van der Waals surface area contributed by atoms with Crippen molar-refractivity contribution in [3.63, 3.8) is 0 Å². The van der Waals surface area contributed by atoms with Crippen LogP contribution in [-0.2, 0) is 20.6 Å². The van der Waals surface area contributed by atoms with E-state index in [0.717, 1.165) is 33.4 Å². The van der Waals surface area contributed by atoms with E-state index in [1.54, 1.807) is 0 Å². The highest BCUT2D eigenvalue weighted by Crippen LogP contribution is 2.25. The largest absolute Gasteiger partial charge is 0.446 e. The van der Waals surface area contributed by atoms with E-state index in [4.69, 9.17) is 9.47 Å². The number of rotatable bonds is 10. The quantitative estimate of drug-likeness (QED) is 0.305. The molecule has 0 aliphatic heterocycles. The number of alkyl halides is 1. The van der Waals surface area contributed by atoms with Gasteiger partial charge in [0.2, 0.25) is 0 Å². The number of amides is 2. The number of halogens is 1. The molecule has 0 spiro atoms. The fourth-order valence-electron chi connectivity index (χ4n) is 3.50. The number of carbonyl (C=O) groups is 2. The normalized spacial score (nSPS) is 12.3. The van der Waals surface area contributed by atoms with Crippen LogP contribution >= 0.6 is 15.9 Å². The van der Waals surface area contributed by atoms with Crippen molar-refractivity contribution in [1.29, 1.82) is 0 Å². The highest BCUT2D eigenvalue weighted by Gasteiger charge is 2.27. The highest BCUT2D eigenvalue weighted by atomic mass is 79.9. The SMILES string of the molecule is C=C(C)c1cccc(C(C)(C)NC(=O)OCC(CBr)OC(=O)NC(C)(C)c2cccc(C(=C)C)c2)c1. The maximum atomic E-state index is 12.6. The van der Waals surface area contributed by atoms with Gasteiger partial charge in [-0.2, -0.15) is 0 Å². The summed E-state index contributed by atoms with van der Waals surface area (Å²) in [7, 11) is 0. The summed E-state index contributed by atoms with van der Waals surface area (Å²) in [5.41, 5.74) is 4.38. The molecule has 1 atom stereocenters. The highest BCUT2D eigenvalue weighted by molar-refractivity contribution is 9.09. The van der Waals surface area contributed by atoms with Crippen molar-refractivity contribution >= 4 is 39.3 Å². The van der Waals surface area contributed by atoms with Gasteiger partial charge >= 0.3 is 12.2 Å². The molecule has 0 radical (unpaired) electrons. The molecule has 0 saturated heterocycles. The van der Waals surface area contributed by atoms with Gasteiger partial charge in [-0.3, -0.25) is 0 Å². The first-order valence-electron chi connectivity index (χ1n) is 11.8. The Morgan fingerprint density at radius 1 is 0.861 bits per heavy atom. The first-order valence-corrected chi connectivity index (χ1v) is 12.9. The van der Waals surface area contributed by atoms with Crippen molar-refractivity contribution in [2.45, 2.75) is 58.7 Å². The number of nitrogens with one attached hydrogen (secondary N) is 2. The Morgan fingerprint density at radius 3 is 1.72 bits per heavy atom. The molecule has 0 fully saturated rings. The van der Waals surface area contributed by atoms with Crippen LogP contribution in [0.2, 0.25) is 0 Å². The van der Waals surface area contributed by atoms with E-state index in [1.165, 1.54) is 0 Å². The number of hydrogen-bond donors (Lipinski definition) is 2. The molecular weight excluding hydrogens is 520 g/mol. The van der Waals surface area contributed by atoms with Gasteiger partial charge in [-0.05, 0) is 75.9 Å². The third-order valence-corrected chi connectivity index (χ3v) is 6.55. The second-order valence-electron chi connectivity index (χ2n) is 10.0. The van der Waals surface area contributed by atoms with Gasteiger partial charge in [-0.15, -0.1) is 0 Å². The molecule has 2 aromatic rings. The van der Waals surface area contributed by atoms with E-state index in [-0.39, 0.29) is 6.61 Å².